The Hall–Kier alpha value is -3.70. The second-order valence-corrected chi connectivity index (χ2v) is 9.09. The lowest BCUT2D eigenvalue weighted by atomic mass is 9.81. The molecule has 1 atom stereocenters. The highest BCUT2D eigenvalue weighted by atomic mass is 32.2. The first-order valence-electron chi connectivity index (χ1n) is 10.3. The molecule has 33 heavy (non-hydrogen) atoms. The Labute approximate surface area is 197 Å². The van der Waals surface area contributed by atoms with Gasteiger partial charge in [-0.25, -0.2) is 9.59 Å². The minimum Gasteiger partial charge on any atom is -0.466 e. The van der Waals surface area contributed by atoms with Crippen LogP contribution in [-0.2, 0) is 19.1 Å². The third-order valence-corrected chi connectivity index (χ3v) is 6.15. The van der Waals surface area contributed by atoms with Crippen molar-refractivity contribution in [1.82, 2.24) is 0 Å². The van der Waals surface area contributed by atoms with Crippen LogP contribution in [0.3, 0.4) is 0 Å². The quantitative estimate of drug-likeness (QED) is 0.505. The molecule has 0 saturated carbocycles. The van der Waals surface area contributed by atoms with Crippen molar-refractivity contribution in [2.75, 3.05) is 19.1 Å². The molecule has 2 aromatic rings. The van der Waals surface area contributed by atoms with E-state index in [0.29, 0.717) is 11.3 Å². The van der Waals surface area contributed by atoms with Crippen molar-refractivity contribution in [3.63, 3.8) is 0 Å². The van der Waals surface area contributed by atoms with Gasteiger partial charge in [0.2, 0.25) is 0 Å². The Balaban J connectivity index is 2.41. The molecule has 0 aromatic heterocycles. The maximum atomic E-state index is 13.1. The summed E-state index contributed by atoms with van der Waals surface area (Å²) < 4.78 is 10.1. The summed E-state index contributed by atoms with van der Waals surface area (Å²) in [4.78, 5) is 28.5. The lowest BCUT2D eigenvalue weighted by Crippen LogP contribution is -2.41. The topological polar surface area (TPSA) is 106 Å². The second kappa shape index (κ2) is 10.3. The van der Waals surface area contributed by atoms with Crippen molar-refractivity contribution in [3.05, 3.63) is 82.8 Å². The SMILES string of the molecule is COC(=O)C1=C(C(=O)OC)N(c2ccccc2SC(C)C)C(N)=C(C#N)C1c1ccccc1. The van der Waals surface area contributed by atoms with Gasteiger partial charge in [0, 0.05) is 10.1 Å². The highest BCUT2D eigenvalue weighted by Crippen LogP contribution is 2.45. The van der Waals surface area contributed by atoms with Gasteiger partial charge in [-0.1, -0.05) is 56.3 Å². The van der Waals surface area contributed by atoms with E-state index in [1.807, 2.05) is 32.0 Å². The summed E-state index contributed by atoms with van der Waals surface area (Å²) in [6.07, 6.45) is 0. The highest BCUT2D eigenvalue weighted by molar-refractivity contribution is 8.00. The van der Waals surface area contributed by atoms with E-state index in [9.17, 15) is 14.9 Å². The van der Waals surface area contributed by atoms with Crippen molar-refractivity contribution >= 4 is 29.4 Å². The Morgan fingerprint density at radius 3 is 2.21 bits per heavy atom. The molecule has 1 aliphatic rings. The van der Waals surface area contributed by atoms with E-state index in [2.05, 4.69) is 6.07 Å². The number of methoxy groups -OCH3 is 2. The zero-order chi connectivity index (χ0) is 24.1. The minimum absolute atomic E-state index is 0.00866. The van der Waals surface area contributed by atoms with Crippen molar-refractivity contribution < 1.29 is 19.1 Å². The largest absolute Gasteiger partial charge is 0.466 e. The fraction of sp³-hybridized carbons (Fsp3) is 0.240. The Bertz CT molecular complexity index is 1170. The van der Waals surface area contributed by atoms with Gasteiger partial charge in [-0.2, -0.15) is 5.26 Å². The van der Waals surface area contributed by atoms with Crippen LogP contribution >= 0.6 is 11.8 Å². The summed E-state index contributed by atoms with van der Waals surface area (Å²) in [7, 11) is 2.46. The molecule has 0 spiro atoms. The summed E-state index contributed by atoms with van der Waals surface area (Å²) in [5.41, 5.74) is 7.80. The molecule has 0 radical (unpaired) electrons. The van der Waals surface area contributed by atoms with Crippen LogP contribution in [0.15, 0.2) is 82.2 Å². The van der Waals surface area contributed by atoms with Crippen LogP contribution in [-0.4, -0.2) is 31.4 Å². The molecule has 0 aliphatic carbocycles. The standard InChI is InChI=1S/C25H25N3O4S/c1-15(2)33-19-13-9-8-12-18(19)28-22(25(30)32-4)21(24(29)31-3)20(17(14-26)23(28)27)16-10-6-5-7-11-16/h5-13,15,20H,27H2,1-4H3. The molecule has 1 unspecified atom stereocenters. The number of allylic oxidation sites excluding steroid dienone is 1. The number of hydrogen-bond acceptors (Lipinski definition) is 8. The molecule has 2 aromatic carbocycles. The maximum absolute atomic E-state index is 13.1. The number of carbonyl (C=O) groups excluding carboxylic acids is 2. The lowest BCUT2D eigenvalue weighted by Gasteiger charge is -2.36. The number of nitriles is 1. The summed E-state index contributed by atoms with van der Waals surface area (Å²) in [5, 5.41) is 10.4. The van der Waals surface area contributed by atoms with E-state index in [1.165, 1.54) is 19.1 Å². The van der Waals surface area contributed by atoms with Crippen LogP contribution in [0.4, 0.5) is 5.69 Å². The molecular formula is C25H25N3O4S. The number of benzene rings is 2. The zero-order valence-corrected chi connectivity index (χ0v) is 19.7. The van der Waals surface area contributed by atoms with E-state index in [4.69, 9.17) is 15.2 Å². The molecule has 7 nitrogen and oxygen atoms in total. The summed E-state index contributed by atoms with van der Waals surface area (Å²) in [5.74, 6) is -2.35. The van der Waals surface area contributed by atoms with Gasteiger partial charge in [-0.15, -0.1) is 11.8 Å². The molecule has 1 heterocycles. The van der Waals surface area contributed by atoms with E-state index < -0.39 is 17.9 Å². The number of nitrogens with two attached hydrogens (primary N) is 1. The van der Waals surface area contributed by atoms with Crippen molar-refractivity contribution in [2.24, 2.45) is 5.73 Å². The van der Waals surface area contributed by atoms with Crippen LogP contribution in [0.1, 0.15) is 25.3 Å². The maximum Gasteiger partial charge on any atom is 0.355 e. The van der Waals surface area contributed by atoms with Crippen molar-refractivity contribution in [1.29, 1.82) is 5.26 Å². The average Bonchev–Trinajstić information content (AvgIpc) is 2.83. The second-order valence-electron chi connectivity index (χ2n) is 7.47. The van der Waals surface area contributed by atoms with Crippen LogP contribution in [0, 0.1) is 11.3 Å². The van der Waals surface area contributed by atoms with Gasteiger partial charge in [0.25, 0.3) is 0 Å². The molecule has 0 amide bonds. The summed E-state index contributed by atoms with van der Waals surface area (Å²) in [6, 6.07) is 18.4. The number of thioether (sulfide) groups is 1. The van der Waals surface area contributed by atoms with E-state index in [0.717, 1.165) is 4.90 Å². The Morgan fingerprint density at radius 1 is 1.03 bits per heavy atom. The summed E-state index contributed by atoms with van der Waals surface area (Å²) in [6.45, 7) is 4.08. The zero-order valence-electron chi connectivity index (χ0n) is 18.9. The molecule has 0 bridgehead atoms. The van der Waals surface area contributed by atoms with Gasteiger partial charge in [-0.3, -0.25) is 4.90 Å². The fourth-order valence-corrected chi connectivity index (χ4v) is 4.70. The van der Waals surface area contributed by atoms with Gasteiger partial charge in [0.15, 0.2) is 0 Å². The van der Waals surface area contributed by atoms with Crippen molar-refractivity contribution in [2.45, 2.75) is 29.9 Å². The van der Waals surface area contributed by atoms with Crippen LogP contribution in [0.5, 0.6) is 0 Å². The average molecular weight is 464 g/mol. The van der Waals surface area contributed by atoms with E-state index >= 15 is 0 Å². The minimum atomic E-state index is -0.890. The first-order chi connectivity index (χ1) is 15.8. The number of esters is 2. The van der Waals surface area contributed by atoms with Crippen LogP contribution in [0.2, 0.25) is 0 Å². The Morgan fingerprint density at radius 2 is 1.64 bits per heavy atom. The number of para-hydroxylation sites is 1. The van der Waals surface area contributed by atoms with Gasteiger partial charge in [-0.05, 0) is 17.7 Å². The van der Waals surface area contributed by atoms with E-state index in [-0.39, 0.29) is 27.9 Å². The highest BCUT2D eigenvalue weighted by Gasteiger charge is 2.43. The fourth-order valence-electron chi connectivity index (χ4n) is 3.76. The third-order valence-electron chi connectivity index (χ3n) is 5.08. The number of rotatable bonds is 6. The monoisotopic (exact) mass is 463 g/mol. The first-order valence-corrected chi connectivity index (χ1v) is 11.1. The number of anilines is 1. The van der Waals surface area contributed by atoms with Gasteiger partial charge in [0.05, 0.1) is 43.0 Å². The molecule has 8 heteroatoms. The predicted molar refractivity (Wildman–Crippen MR) is 127 cm³/mol. The molecule has 1 aliphatic heterocycles. The normalized spacial score (nSPS) is 16.0. The van der Waals surface area contributed by atoms with Crippen LogP contribution in [0.25, 0.3) is 0 Å². The number of carbonyl (C=O) groups is 2. The molecular weight excluding hydrogens is 438 g/mol. The Kier molecular flexibility index (Phi) is 7.46. The molecule has 3 rings (SSSR count). The predicted octanol–water partition coefficient (Wildman–Crippen LogP) is 4.08. The molecule has 0 saturated heterocycles. The van der Waals surface area contributed by atoms with Gasteiger partial charge in [0.1, 0.15) is 11.5 Å². The number of nitrogens with zero attached hydrogens (tertiary/aromatic N) is 2. The smallest absolute Gasteiger partial charge is 0.355 e. The van der Waals surface area contributed by atoms with Gasteiger partial charge < -0.3 is 15.2 Å². The first kappa shape index (κ1) is 24.0. The van der Waals surface area contributed by atoms with Gasteiger partial charge >= 0.3 is 11.9 Å². The molecule has 2 N–H and O–H groups in total. The third kappa shape index (κ3) is 4.59. The molecule has 170 valence electrons. The molecule has 0 fully saturated rings. The van der Waals surface area contributed by atoms with E-state index in [1.54, 1.807) is 48.2 Å². The van der Waals surface area contributed by atoms with Crippen LogP contribution < -0.4 is 10.6 Å². The summed E-state index contributed by atoms with van der Waals surface area (Å²) >= 11 is 1.57. The van der Waals surface area contributed by atoms with Crippen molar-refractivity contribution in [3.8, 4) is 6.07 Å². The number of hydrogen-bond donors (Lipinski definition) is 1. The lowest BCUT2D eigenvalue weighted by molar-refractivity contribution is -0.139. The number of ether oxygens (including phenoxy) is 2.